The molecule has 0 N–H and O–H groups in total. The molecule has 0 bridgehead atoms. The summed E-state index contributed by atoms with van der Waals surface area (Å²) < 4.78 is 60.7. The Labute approximate surface area is 154 Å². The molecule has 0 amide bonds. The van der Waals surface area contributed by atoms with Gasteiger partial charge in [-0.1, -0.05) is 12.1 Å². The lowest BCUT2D eigenvalue weighted by Gasteiger charge is -2.19. The third kappa shape index (κ3) is 2.80. The molecule has 116 valence electrons. The van der Waals surface area contributed by atoms with Crippen molar-refractivity contribution in [2.75, 3.05) is 0 Å². The van der Waals surface area contributed by atoms with Crippen LogP contribution in [-0.2, 0) is 20.2 Å². The fourth-order valence-corrected chi connectivity index (χ4v) is 7.67. The smallest absolute Gasteiger partial charge is 0.341 e. The van der Waals surface area contributed by atoms with Crippen LogP contribution >= 0.6 is 45.2 Å². The lowest BCUT2D eigenvalue weighted by molar-refractivity contribution is 0.436. The fourth-order valence-electron chi connectivity index (χ4n) is 1.88. The van der Waals surface area contributed by atoms with Gasteiger partial charge in [-0.3, -0.25) is 0 Å². The monoisotopic (exact) mass is 564 g/mol. The zero-order chi connectivity index (χ0) is 16.1. The Hall–Kier alpha value is -0.600. The number of halogens is 2. The van der Waals surface area contributed by atoms with Gasteiger partial charge in [0.25, 0.3) is 0 Å². The van der Waals surface area contributed by atoms with E-state index in [2.05, 4.69) is 0 Å². The highest BCUT2D eigenvalue weighted by atomic mass is 127. The first-order valence-corrected chi connectivity index (χ1v) is 10.7. The maximum Gasteiger partial charge on any atom is 0.341 e. The molecular weight excluding hydrogens is 558 g/mol. The Morgan fingerprint density at radius 1 is 0.818 bits per heavy atom. The van der Waals surface area contributed by atoms with Crippen molar-refractivity contribution in [3.05, 3.63) is 43.5 Å². The normalized spacial score (nSPS) is 17.9. The molecule has 0 saturated carbocycles. The van der Waals surface area contributed by atoms with Crippen molar-refractivity contribution in [1.29, 1.82) is 0 Å². The molecule has 0 spiro atoms. The van der Waals surface area contributed by atoms with E-state index in [0.29, 0.717) is 3.57 Å². The molecule has 2 aromatic rings. The fraction of sp³-hybridized carbons (Fsp3) is 0. The van der Waals surface area contributed by atoms with Gasteiger partial charge < -0.3 is 8.37 Å². The van der Waals surface area contributed by atoms with Gasteiger partial charge in [0.1, 0.15) is 9.79 Å². The molecule has 2 aromatic carbocycles. The zero-order valence-electron chi connectivity index (χ0n) is 10.5. The van der Waals surface area contributed by atoms with Gasteiger partial charge in [0.05, 0.1) is 0 Å². The number of rotatable bonds is 0. The minimum atomic E-state index is -4.30. The van der Waals surface area contributed by atoms with E-state index in [9.17, 15) is 16.8 Å². The summed E-state index contributed by atoms with van der Waals surface area (Å²) in [6, 6.07) is 8.47. The molecule has 22 heavy (non-hydrogen) atoms. The van der Waals surface area contributed by atoms with Crippen LogP contribution in [0.15, 0.2) is 46.2 Å². The van der Waals surface area contributed by atoms with Gasteiger partial charge in [-0.2, -0.15) is 16.8 Å². The average Bonchev–Trinajstić information content (AvgIpc) is 2.38. The summed E-state index contributed by atoms with van der Waals surface area (Å²) in [5.41, 5.74) is 0. The minimum Gasteiger partial charge on any atom is -0.375 e. The molecule has 0 radical (unpaired) electrons. The Morgan fingerprint density at radius 2 is 1.36 bits per heavy atom. The van der Waals surface area contributed by atoms with Crippen LogP contribution in [0.5, 0.6) is 11.5 Å². The van der Waals surface area contributed by atoms with Crippen molar-refractivity contribution in [2.45, 2.75) is 9.79 Å². The highest BCUT2D eigenvalue weighted by Gasteiger charge is 2.36. The molecule has 0 unspecified atom stereocenters. The largest absolute Gasteiger partial charge is 0.375 e. The maximum absolute atomic E-state index is 12.5. The molecular formula is C12H6I2O6S2. The van der Waals surface area contributed by atoms with Crippen molar-refractivity contribution in [3.63, 3.8) is 0 Å². The second-order valence-electron chi connectivity index (χ2n) is 4.24. The van der Waals surface area contributed by atoms with Gasteiger partial charge in [0.2, 0.25) is 0 Å². The van der Waals surface area contributed by atoms with E-state index in [4.69, 9.17) is 8.37 Å². The summed E-state index contributed by atoms with van der Waals surface area (Å²) in [6.07, 6.45) is 0. The summed E-state index contributed by atoms with van der Waals surface area (Å²) in [5, 5.41) is 0. The topological polar surface area (TPSA) is 86.7 Å². The highest BCUT2D eigenvalue weighted by Crippen LogP contribution is 2.38. The molecule has 6 nitrogen and oxygen atoms in total. The SMILES string of the molecule is O=S1(=O)Oc2ccccc2OS(=O)(=O)c2c(I)cc(I)cc21. The number of hydrogen-bond donors (Lipinski definition) is 0. The van der Waals surface area contributed by atoms with Crippen molar-refractivity contribution in [2.24, 2.45) is 0 Å². The Bertz CT molecular complexity index is 983. The van der Waals surface area contributed by atoms with Crippen LogP contribution < -0.4 is 8.37 Å². The molecule has 0 fully saturated rings. The molecule has 10 heteroatoms. The third-order valence-corrected chi connectivity index (χ3v) is 7.31. The second kappa shape index (κ2) is 5.49. The number of hydrogen-bond acceptors (Lipinski definition) is 6. The quantitative estimate of drug-likeness (QED) is 0.362. The van der Waals surface area contributed by atoms with Gasteiger partial charge in [-0.25, -0.2) is 0 Å². The van der Waals surface area contributed by atoms with Crippen LogP contribution in [0, 0.1) is 7.14 Å². The van der Waals surface area contributed by atoms with Crippen LogP contribution in [0.25, 0.3) is 0 Å². The molecule has 1 aliphatic heterocycles. The Morgan fingerprint density at radius 3 is 1.95 bits per heavy atom. The predicted molar refractivity (Wildman–Crippen MR) is 93.9 cm³/mol. The minimum absolute atomic E-state index is 0.175. The summed E-state index contributed by atoms with van der Waals surface area (Å²) in [7, 11) is -8.60. The first-order chi connectivity index (χ1) is 10.2. The predicted octanol–water partition coefficient (Wildman–Crippen LogP) is 2.74. The summed E-state index contributed by atoms with van der Waals surface area (Å²) in [6.45, 7) is 0. The Kier molecular flexibility index (Phi) is 4.06. The van der Waals surface area contributed by atoms with E-state index in [-0.39, 0.29) is 15.1 Å². The molecule has 0 saturated heterocycles. The molecule has 1 heterocycles. The van der Waals surface area contributed by atoms with Crippen molar-refractivity contribution in [1.82, 2.24) is 0 Å². The molecule has 0 aliphatic carbocycles. The van der Waals surface area contributed by atoms with E-state index in [0.717, 1.165) is 0 Å². The number of benzene rings is 2. The molecule has 3 rings (SSSR count). The van der Waals surface area contributed by atoms with Crippen LogP contribution in [0.3, 0.4) is 0 Å². The van der Waals surface area contributed by atoms with Crippen LogP contribution in [0.4, 0.5) is 0 Å². The summed E-state index contributed by atoms with van der Waals surface area (Å²) in [5.74, 6) is -0.350. The van der Waals surface area contributed by atoms with Crippen LogP contribution in [0.2, 0.25) is 0 Å². The lowest BCUT2D eigenvalue weighted by atomic mass is 10.3. The van der Waals surface area contributed by atoms with E-state index in [1.165, 1.54) is 30.3 Å². The second-order valence-corrected chi connectivity index (χ2v) is 9.64. The molecule has 0 aromatic heterocycles. The van der Waals surface area contributed by atoms with Gasteiger partial charge in [0, 0.05) is 7.14 Å². The highest BCUT2D eigenvalue weighted by molar-refractivity contribution is 14.1. The molecule has 0 atom stereocenters. The first kappa shape index (κ1) is 16.3. The number of para-hydroxylation sites is 2. The third-order valence-electron chi connectivity index (χ3n) is 2.74. The van der Waals surface area contributed by atoms with Gasteiger partial charge >= 0.3 is 20.2 Å². The van der Waals surface area contributed by atoms with E-state index < -0.39 is 30.0 Å². The van der Waals surface area contributed by atoms with Gasteiger partial charge in [0.15, 0.2) is 11.5 Å². The van der Waals surface area contributed by atoms with Crippen LogP contribution in [-0.4, -0.2) is 16.8 Å². The van der Waals surface area contributed by atoms with Crippen molar-refractivity contribution < 1.29 is 25.2 Å². The van der Waals surface area contributed by atoms with E-state index in [1.54, 1.807) is 28.7 Å². The van der Waals surface area contributed by atoms with Gasteiger partial charge in [-0.15, -0.1) is 0 Å². The Balaban J connectivity index is 2.41. The average molecular weight is 564 g/mol. The van der Waals surface area contributed by atoms with E-state index in [1.807, 2.05) is 22.6 Å². The van der Waals surface area contributed by atoms with Crippen molar-refractivity contribution in [3.8, 4) is 11.5 Å². The maximum atomic E-state index is 12.5. The lowest BCUT2D eigenvalue weighted by Crippen LogP contribution is -2.22. The first-order valence-electron chi connectivity index (χ1n) is 5.68. The van der Waals surface area contributed by atoms with Crippen LogP contribution in [0.1, 0.15) is 0 Å². The zero-order valence-corrected chi connectivity index (χ0v) is 16.4. The van der Waals surface area contributed by atoms with Crippen molar-refractivity contribution >= 4 is 65.4 Å². The number of fused-ring (bicyclic) bond motifs is 2. The standard InChI is InChI=1S/C12H6I2O6S2/c13-7-5-8(14)12-11(6-7)21(15,16)19-9-3-1-2-4-10(9)20-22(12,17)18/h1-6H. The summed E-state index contributed by atoms with van der Waals surface area (Å²) >= 11 is 3.66. The van der Waals surface area contributed by atoms with E-state index >= 15 is 0 Å². The van der Waals surface area contributed by atoms with Gasteiger partial charge in [-0.05, 0) is 69.4 Å². The summed E-state index contributed by atoms with van der Waals surface area (Å²) in [4.78, 5) is -0.846. The molecule has 1 aliphatic rings.